The number of nitriles is 1. The van der Waals surface area contributed by atoms with Crippen molar-refractivity contribution >= 4 is 41.1 Å². The van der Waals surface area contributed by atoms with E-state index >= 15 is 0 Å². The Morgan fingerprint density at radius 3 is 2.45 bits per heavy atom. The van der Waals surface area contributed by atoms with Crippen molar-refractivity contribution in [2.75, 3.05) is 23.9 Å². The molecule has 0 aliphatic rings. The quantitative estimate of drug-likeness (QED) is 0.0796. The Morgan fingerprint density at radius 1 is 1.02 bits per heavy atom. The number of aryl methyl sites for hydroxylation is 1. The highest BCUT2D eigenvalue weighted by atomic mass is 35.5. The number of rotatable bonds is 14. The number of pyridine rings is 1. The van der Waals surface area contributed by atoms with Crippen LogP contribution in [0.15, 0.2) is 90.0 Å². The molecule has 0 fully saturated rings. The molecule has 0 saturated heterocycles. The number of halogens is 1. The van der Waals surface area contributed by atoms with E-state index in [1.165, 1.54) is 11.8 Å². The van der Waals surface area contributed by atoms with Gasteiger partial charge in [-0.2, -0.15) is 17.0 Å². The smallest absolute Gasteiger partial charge is 0.316 e. The average molecular weight is 617 g/mol. The van der Waals surface area contributed by atoms with Crippen LogP contribution < -0.4 is 4.74 Å². The maximum absolute atomic E-state index is 13.1. The van der Waals surface area contributed by atoms with Gasteiger partial charge in [-0.1, -0.05) is 96.9 Å². The third-order valence-electron chi connectivity index (χ3n) is 6.35. The Morgan fingerprint density at radius 2 is 1.76 bits per heavy atom. The average Bonchev–Trinajstić information content (AvgIpc) is 3.02. The highest BCUT2D eigenvalue weighted by Gasteiger charge is 2.20. The van der Waals surface area contributed by atoms with Crippen LogP contribution in [0.4, 0.5) is 0 Å². The van der Waals surface area contributed by atoms with Gasteiger partial charge in [-0.25, -0.2) is 4.98 Å². The predicted octanol–water partition coefficient (Wildman–Crippen LogP) is 8.87. The van der Waals surface area contributed by atoms with E-state index in [-0.39, 0.29) is 18.3 Å². The lowest BCUT2D eigenvalue weighted by Crippen LogP contribution is -2.28. The first-order valence-corrected chi connectivity index (χ1v) is 16.3. The molecule has 4 aromatic rings. The van der Waals surface area contributed by atoms with Gasteiger partial charge in [-0.3, -0.25) is 4.79 Å². The molecule has 1 heterocycles. The number of esters is 1. The van der Waals surface area contributed by atoms with Crippen LogP contribution in [0.25, 0.3) is 22.4 Å². The lowest BCUT2D eigenvalue weighted by Gasteiger charge is -2.19. The fourth-order valence-corrected chi connectivity index (χ4v) is 6.09. The molecule has 0 N–H and O–H groups in total. The third-order valence-corrected chi connectivity index (χ3v) is 8.74. The summed E-state index contributed by atoms with van der Waals surface area (Å²) in [6, 6.07) is 29.3. The van der Waals surface area contributed by atoms with Gasteiger partial charge < -0.3 is 9.47 Å². The van der Waals surface area contributed by atoms with Crippen molar-refractivity contribution in [1.29, 1.82) is 5.26 Å². The summed E-state index contributed by atoms with van der Waals surface area (Å²) in [5, 5.41) is 11.3. The minimum Gasteiger partial charge on any atom is -0.490 e. The zero-order chi connectivity index (χ0) is 29.7. The van der Waals surface area contributed by atoms with Crippen LogP contribution in [0.2, 0.25) is 5.02 Å². The third kappa shape index (κ3) is 9.29. The van der Waals surface area contributed by atoms with E-state index in [1.54, 1.807) is 36.0 Å². The van der Waals surface area contributed by atoms with Crippen molar-refractivity contribution < 1.29 is 14.3 Å². The Balaban J connectivity index is 1.51. The van der Waals surface area contributed by atoms with Gasteiger partial charge >= 0.3 is 5.97 Å². The van der Waals surface area contributed by atoms with Crippen molar-refractivity contribution in [2.24, 2.45) is 0 Å². The largest absolute Gasteiger partial charge is 0.490 e. The molecule has 0 spiro atoms. The summed E-state index contributed by atoms with van der Waals surface area (Å²) in [6.07, 6.45) is 1.79. The van der Waals surface area contributed by atoms with Crippen LogP contribution in [0.3, 0.4) is 0 Å². The lowest BCUT2D eigenvalue weighted by atomic mass is 9.99. The summed E-state index contributed by atoms with van der Waals surface area (Å²) in [4.78, 5) is 17.9. The van der Waals surface area contributed by atoms with Crippen LogP contribution in [0.5, 0.6) is 5.75 Å². The number of nitrogens with zero attached hydrogens (tertiary/aromatic N) is 2. The Labute approximate surface area is 261 Å². The molecule has 8 heteroatoms. The monoisotopic (exact) mass is 616 g/mol. The number of aromatic nitrogens is 1. The zero-order valence-corrected chi connectivity index (χ0v) is 26.1. The summed E-state index contributed by atoms with van der Waals surface area (Å²) in [6.45, 7) is 4.42. The molecule has 3 aromatic carbocycles. The second kappa shape index (κ2) is 16.3. The molecule has 216 valence electrons. The second-order valence-corrected chi connectivity index (χ2v) is 12.2. The number of hydrogen-bond donors (Lipinski definition) is 0. The highest BCUT2D eigenvalue weighted by molar-refractivity contribution is 8.00. The molecule has 0 bridgehead atoms. The number of hydrogen-bond acceptors (Lipinski definition) is 7. The number of carbonyl (C=O) groups excluding carboxylic acids is 1. The number of thioether (sulfide) groups is 2. The maximum Gasteiger partial charge on any atom is 0.316 e. The van der Waals surface area contributed by atoms with Gasteiger partial charge in [0, 0.05) is 21.9 Å². The second-order valence-electron chi connectivity index (χ2n) is 9.67. The number of ether oxygens (including phenoxy) is 2. The van der Waals surface area contributed by atoms with E-state index < -0.39 is 6.10 Å². The van der Waals surface area contributed by atoms with Crippen molar-refractivity contribution in [3.05, 3.63) is 101 Å². The SMILES string of the molecule is CCCCSCC(COc1ccc(Cl)cc1)OC(=O)CSc1nc(-c2ccc(C)cc2)cc(-c2ccccc2)c1C#N. The van der Waals surface area contributed by atoms with Crippen LogP contribution in [-0.2, 0) is 9.53 Å². The van der Waals surface area contributed by atoms with Gasteiger partial charge in [0.25, 0.3) is 0 Å². The first kappa shape index (κ1) is 31.5. The molecule has 0 saturated carbocycles. The fraction of sp³-hybridized carbons (Fsp3) is 0.265. The van der Waals surface area contributed by atoms with Crippen LogP contribution in [0.1, 0.15) is 30.9 Å². The van der Waals surface area contributed by atoms with E-state index in [4.69, 9.17) is 26.1 Å². The Hall–Kier alpha value is -3.44. The normalized spacial score (nSPS) is 11.5. The predicted molar refractivity (Wildman–Crippen MR) is 174 cm³/mol. The molecule has 1 unspecified atom stereocenters. The molecule has 0 radical (unpaired) electrons. The van der Waals surface area contributed by atoms with Gasteiger partial charge in [0.1, 0.15) is 29.6 Å². The van der Waals surface area contributed by atoms with Crippen molar-refractivity contribution in [2.45, 2.75) is 37.8 Å². The summed E-state index contributed by atoms with van der Waals surface area (Å²) in [5.41, 5.74) is 4.96. The van der Waals surface area contributed by atoms with E-state index in [2.05, 4.69) is 13.0 Å². The van der Waals surface area contributed by atoms with Gasteiger partial charge in [-0.15, -0.1) is 0 Å². The summed E-state index contributed by atoms with van der Waals surface area (Å²) >= 11 is 8.95. The van der Waals surface area contributed by atoms with E-state index in [1.807, 2.05) is 67.6 Å². The molecule has 4 rings (SSSR count). The summed E-state index contributed by atoms with van der Waals surface area (Å²) in [7, 11) is 0. The van der Waals surface area contributed by atoms with Crippen molar-refractivity contribution in [1.82, 2.24) is 4.98 Å². The molecule has 42 heavy (non-hydrogen) atoms. The highest BCUT2D eigenvalue weighted by Crippen LogP contribution is 2.34. The van der Waals surface area contributed by atoms with E-state index in [9.17, 15) is 10.1 Å². The minimum atomic E-state index is -0.419. The topological polar surface area (TPSA) is 72.2 Å². The minimum absolute atomic E-state index is 0.0182. The molecular weight excluding hydrogens is 584 g/mol. The Kier molecular flexibility index (Phi) is 12.2. The van der Waals surface area contributed by atoms with Gasteiger partial charge in [0.2, 0.25) is 0 Å². The number of benzene rings is 3. The molecular formula is C34H33ClN2O3S2. The standard InChI is InChI=1S/C34H33ClN2O3S2/c1-3-4-18-41-22-29(21-39-28-16-14-27(35)15-17-28)40-33(38)23-42-34-31(20-36)30(25-8-6-5-7-9-25)19-32(37-34)26-12-10-24(2)11-13-26/h5-17,19,29H,3-4,18,21-23H2,1-2H3. The van der Waals surface area contributed by atoms with Crippen LogP contribution >= 0.6 is 35.1 Å². The maximum atomic E-state index is 13.1. The first-order chi connectivity index (χ1) is 20.5. The summed E-state index contributed by atoms with van der Waals surface area (Å²) in [5.74, 6) is 1.92. The van der Waals surface area contributed by atoms with Crippen molar-refractivity contribution in [3.8, 4) is 34.2 Å². The van der Waals surface area contributed by atoms with Crippen molar-refractivity contribution in [3.63, 3.8) is 0 Å². The number of carbonyl (C=O) groups is 1. The molecule has 1 atom stereocenters. The zero-order valence-electron chi connectivity index (χ0n) is 23.7. The Bertz CT molecular complexity index is 1490. The van der Waals surface area contributed by atoms with E-state index in [0.717, 1.165) is 46.5 Å². The molecule has 1 aromatic heterocycles. The van der Waals surface area contributed by atoms with Crippen LogP contribution in [0, 0.1) is 18.3 Å². The van der Waals surface area contributed by atoms with E-state index in [0.29, 0.717) is 27.1 Å². The van der Waals surface area contributed by atoms with Crippen LogP contribution in [-0.4, -0.2) is 40.9 Å². The first-order valence-electron chi connectivity index (χ1n) is 13.8. The molecule has 0 aliphatic carbocycles. The van der Waals surface area contributed by atoms with Gasteiger partial charge in [-0.05, 0) is 55.0 Å². The fourth-order valence-electron chi connectivity index (χ4n) is 4.10. The summed E-state index contributed by atoms with van der Waals surface area (Å²) < 4.78 is 11.8. The molecule has 0 aliphatic heterocycles. The van der Waals surface area contributed by atoms with Gasteiger partial charge in [0.05, 0.1) is 17.0 Å². The molecule has 5 nitrogen and oxygen atoms in total. The van der Waals surface area contributed by atoms with Gasteiger partial charge in [0.15, 0.2) is 0 Å². The number of unbranched alkanes of at least 4 members (excludes halogenated alkanes) is 1. The molecule has 0 amide bonds. The lowest BCUT2D eigenvalue weighted by molar-refractivity contribution is -0.145.